The molecule has 2 aromatic rings. The molecule has 0 saturated carbocycles. The minimum Gasteiger partial charge on any atom is -0.360 e. The number of thiazole rings is 1. The van der Waals surface area contributed by atoms with Crippen LogP contribution in [0.2, 0.25) is 0 Å². The lowest BCUT2D eigenvalue weighted by Gasteiger charge is -1.99. The van der Waals surface area contributed by atoms with Crippen LogP contribution in [0, 0.1) is 22.7 Å². The number of allylic oxidation sites excluding steroid dienone is 1. The molecule has 0 unspecified atom stereocenters. The number of hydrogen-bond acceptors (Lipinski definition) is 7. The highest BCUT2D eigenvalue weighted by Crippen LogP contribution is 2.28. The molecular formula is C14H12N4O2S2. The average molecular weight is 332 g/mol. The van der Waals surface area contributed by atoms with E-state index in [-0.39, 0.29) is 15.7 Å². The minimum absolute atomic E-state index is 0.0457. The molecule has 0 amide bonds. The van der Waals surface area contributed by atoms with Gasteiger partial charge >= 0.3 is 0 Å². The number of aromatic nitrogens is 1. The van der Waals surface area contributed by atoms with Crippen LogP contribution in [-0.4, -0.2) is 19.2 Å². The van der Waals surface area contributed by atoms with Gasteiger partial charge in [-0.25, -0.2) is 13.4 Å². The van der Waals surface area contributed by atoms with E-state index in [1.807, 2.05) is 0 Å². The molecule has 1 heterocycles. The van der Waals surface area contributed by atoms with Crippen LogP contribution in [0.1, 0.15) is 13.3 Å². The Balaban J connectivity index is 2.35. The normalized spacial score (nSPS) is 10.7. The SMILES string of the molecule is CCCS(=O)(=O)c1nc2ccc(NC=C(C#N)C#N)cc2s1. The van der Waals surface area contributed by atoms with Crippen LogP contribution in [0.25, 0.3) is 10.2 Å². The second-order valence-electron chi connectivity index (χ2n) is 4.41. The molecule has 2 rings (SSSR count). The van der Waals surface area contributed by atoms with Crippen LogP contribution in [0.3, 0.4) is 0 Å². The molecule has 0 bridgehead atoms. The van der Waals surface area contributed by atoms with Gasteiger partial charge in [-0.2, -0.15) is 10.5 Å². The first kappa shape index (κ1) is 16.0. The van der Waals surface area contributed by atoms with Crippen molar-refractivity contribution in [1.82, 2.24) is 4.98 Å². The van der Waals surface area contributed by atoms with Crippen molar-refractivity contribution < 1.29 is 8.42 Å². The zero-order valence-corrected chi connectivity index (χ0v) is 13.3. The van der Waals surface area contributed by atoms with Crippen molar-refractivity contribution in [3.8, 4) is 12.1 Å². The number of anilines is 1. The van der Waals surface area contributed by atoms with Crippen molar-refractivity contribution >= 4 is 37.1 Å². The van der Waals surface area contributed by atoms with E-state index in [0.717, 1.165) is 16.0 Å². The molecule has 0 aliphatic rings. The van der Waals surface area contributed by atoms with Crippen molar-refractivity contribution in [3.05, 3.63) is 30.0 Å². The van der Waals surface area contributed by atoms with Crippen molar-refractivity contribution in [2.24, 2.45) is 0 Å². The van der Waals surface area contributed by atoms with Crippen molar-refractivity contribution in [1.29, 1.82) is 10.5 Å². The second-order valence-corrected chi connectivity index (χ2v) is 7.72. The molecule has 0 radical (unpaired) electrons. The highest BCUT2D eigenvalue weighted by molar-refractivity contribution is 7.93. The maximum Gasteiger partial charge on any atom is 0.210 e. The van der Waals surface area contributed by atoms with Gasteiger partial charge in [-0.3, -0.25) is 0 Å². The van der Waals surface area contributed by atoms with Crippen molar-refractivity contribution in [2.45, 2.75) is 17.7 Å². The highest BCUT2D eigenvalue weighted by Gasteiger charge is 2.18. The molecule has 8 heteroatoms. The van der Waals surface area contributed by atoms with E-state index in [4.69, 9.17) is 10.5 Å². The summed E-state index contributed by atoms with van der Waals surface area (Å²) in [5.74, 6) is 0.0777. The van der Waals surface area contributed by atoms with Crippen molar-refractivity contribution in [3.63, 3.8) is 0 Å². The molecule has 0 aliphatic carbocycles. The Kier molecular flexibility index (Phi) is 4.76. The van der Waals surface area contributed by atoms with E-state index in [9.17, 15) is 8.42 Å². The van der Waals surface area contributed by atoms with E-state index < -0.39 is 9.84 Å². The molecule has 6 nitrogen and oxygen atoms in total. The zero-order chi connectivity index (χ0) is 16.2. The number of hydrogen-bond donors (Lipinski definition) is 1. The van der Waals surface area contributed by atoms with Crippen LogP contribution >= 0.6 is 11.3 Å². The second kappa shape index (κ2) is 6.56. The Morgan fingerprint density at radius 3 is 2.77 bits per heavy atom. The van der Waals surface area contributed by atoms with Gasteiger partial charge in [0.15, 0.2) is 0 Å². The molecule has 0 atom stereocenters. The first-order chi connectivity index (χ1) is 10.5. The summed E-state index contributed by atoms with van der Waals surface area (Å²) in [5.41, 5.74) is 1.21. The number of sulfone groups is 1. The van der Waals surface area contributed by atoms with E-state index in [2.05, 4.69) is 10.3 Å². The number of nitrogens with zero attached hydrogens (tertiary/aromatic N) is 3. The number of rotatable bonds is 5. The van der Waals surface area contributed by atoms with Crippen LogP contribution in [-0.2, 0) is 9.84 Å². The van der Waals surface area contributed by atoms with Gasteiger partial charge in [0.2, 0.25) is 14.2 Å². The Hall–Kier alpha value is -2.42. The van der Waals surface area contributed by atoms with Gasteiger partial charge in [0.1, 0.15) is 17.7 Å². The molecule has 1 aromatic heterocycles. The van der Waals surface area contributed by atoms with Gasteiger partial charge in [-0.15, -0.1) is 11.3 Å². The fourth-order valence-electron chi connectivity index (χ4n) is 1.73. The third kappa shape index (κ3) is 3.42. The van der Waals surface area contributed by atoms with E-state index in [1.54, 1.807) is 37.3 Å². The number of nitrogens with one attached hydrogen (secondary N) is 1. The fraction of sp³-hybridized carbons (Fsp3) is 0.214. The summed E-state index contributed by atoms with van der Waals surface area (Å²) < 4.78 is 24.9. The quantitative estimate of drug-likeness (QED) is 0.844. The lowest BCUT2D eigenvalue weighted by Crippen LogP contribution is -2.04. The highest BCUT2D eigenvalue weighted by atomic mass is 32.2. The Morgan fingerprint density at radius 2 is 2.14 bits per heavy atom. The summed E-state index contributed by atoms with van der Waals surface area (Å²) in [5, 5.41) is 20.2. The van der Waals surface area contributed by atoms with E-state index in [1.165, 1.54) is 6.20 Å². The average Bonchev–Trinajstić information content (AvgIpc) is 2.92. The summed E-state index contributed by atoms with van der Waals surface area (Å²) in [6.07, 6.45) is 1.85. The van der Waals surface area contributed by atoms with Gasteiger partial charge in [0.25, 0.3) is 0 Å². The predicted octanol–water partition coefficient (Wildman–Crippen LogP) is 2.82. The number of fused-ring (bicyclic) bond motifs is 1. The Labute approximate surface area is 132 Å². The molecule has 0 spiro atoms. The van der Waals surface area contributed by atoms with Gasteiger partial charge in [-0.05, 0) is 24.6 Å². The molecule has 0 fully saturated rings. The lowest BCUT2D eigenvalue weighted by molar-refractivity contribution is 0.594. The zero-order valence-electron chi connectivity index (χ0n) is 11.7. The molecule has 1 N–H and O–H groups in total. The minimum atomic E-state index is -3.33. The monoisotopic (exact) mass is 332 g/mol. The number of benzene rings is 1. The van der Waals surface area contributed by atoms with Crippen LogP contribution in [0.15, 0.2) is 34.3 Å². The third-order valence-electron chi connectivity index (χ3n) is 2.73. The molecule has 0 saturated heterocycles. The number of nitriles is 2. The van der Waals surface area contributed by atoms with Crippen molar-refractivity contribution in [2.75, 3.05) is 11.1 Å². The van der Waals surface area contributed by atoms with Gasteiger partial charge in [0.05, 0.1) is 16.0 Å². The van der Waals surface area contributed by atoms with E-state index >= 15 is 0 Å². The Morgan fingerprint density at radius 1 is 1.41 bits per heavy atom. The van der Waals surface area contributed by atoms with Crippen LogP contribution < -0.4 is 5.32 Å². The first-order valence-electron chi connectivity index (χ1n) is 6.40. The molecule has 0 aliphatic heterocycles. The summed E-state index contributed by atoms with van der Waals surface area (Å²) in [4.78, 5) is 4.15. The van der Waals surface area contributed by atoms with E-state index in [0.29, 0.717) is 17.6 Å². The fourth-order valence-corrected chi connectivity index (χ4v) is 4.44. The lowest BCUT2D eigenvalue weighted by atomic mass is 10.3. The summed E-state index contributed by atoms with van der Waals surface area (Å²) in [7, 11) is -3.33. The summed E-state index contributed by atoms with van der Waals surface area (Å²) >= 11 is 1.11. The van der Waals surface area contributed by atoms with Crippen LogP contribution in [0.4, 0.5) is 5.69 Å². The topological polar surface area (TPSA) is 107 Å². The Bertz CT molecular complexity index is 898. The maximum absolute atomic E-state index is 12.0. The molecule has 112 valence electrons. The van der Waals surface area contributed by atoms with Gasteiger partial charge in [0, 0.05) is 11.9 Å². The van der Waals surface area contributed by atoms with Gasteiger partial charge in [-0.1, -0.05) is 6.92 Å². The smallest absolute Gasteiger partial charge is 0.210 e. The van der Waals surface area contributed by atoms with Crippen LogP contribution in [0.5, 0.6) is 0 Å². The van der Waals surface area contributed by atoms with Gasteiger partial charge < -0.3 is 5.32 Å². The standard InChI is InChI=1S/C14H12N4O2S2/c1-2-5-22(19,20)14-18-12-4-3-11(6-13(12)21-14)17-9-10(7-15)8-16/h3-4,6,9,17H,2,5H2,1H3. The largest absolute Gasteiger partial charge is 0.360 e. The third-order valence-corrected chi connectivity index (χ3v) is 6.13. The molecule has 1 aromatic carbocycles. The first-order valence-corrected chi connectivity index (χ1v) is 8.87. The maximum atomic E-state index is 12.0. The summed E-state index contributed by atoms with van der Waals surface area (Å²) in [6.45, 7) is 1.81. The predicted molar refractivity (Wildman–Crippen MR) is 84.9 cm³/mol. The summed E-state index contributed by atoms with van der Waals surface area (Å²) in [6, 6.07) is 8.64. The molecule has 22 heavy (non-hydrogen) atoms. The molecular weight excluding hydrogens is 320 g/mol.